The number of hydrogen-bond donors (Lipinski definition) is 1. The van der Waals surface area contributed by atoms with Crippen LogP contribution in [-0.2, 0) is 0 Å². The van der Waals surface area contributed by atoms with Crippen molar-refractivity contribution in [3.8, 4) is 0 Å². The number of anilines is 1. The Kier molecular flexibility index (Phi) is 4.20. The number of aromatic nitrogens is 4. The van der Waals surface area contributed by atoms with Gasteiger partial charge in [0.15, 0.2) is 0 Å². The Morgan fingerprint density at radius 3 is 2.03 bits per heavy atom. The van der Waals surface area contributed by atoms with Crippen LogP contribution in [0.15, 0.2) is 97.3 Å². The van der Waals surface area contributed by atoms with Gasteiger partial charge in [-0.3, -0.25) is 14.8 Å². The molecule has 7 rings (SSSR count). The van der Waals surface area contributed by atoms with Crippen LogP contribution in [0.4, 0.5) is 5.69 Å². The zero-order valence-electron chi connectivity index (χ0n) is 18.4. The number of rotatable bonds is 2. The number of carbonyl (C=O) groups is 1. The van der Waals surface area contributed by atoms with E-state index in [1.165, 1.54) is 0 Å². The van der Waals surface area contributed by atoms with Crippen molar-refractivity contribution in [2.45, 2.75) is 0 Å². The molecule has 6 nitrogen and oxygen atoms in total. The highest BCUT2D eigenvalue weighted by atomic mass is 16.1. The fourth-order valence-electron chi connectivity index (χ4n) is 4.62. The first kappa shape index (κ1) is 19.5. The molecular formula is C29H17N5O. The summed E-state index contributed by atoms with van der Waals surface area (Å²) in [6, 6.07) is 27.2. The maximum absolute atomic E-state index is 13.1. The van der Waals surface area contributed by atoms with Crippen LogP contribution in [0.3, 0.4) is 0 Å². The fraction of sp³-hybridized carbons (Fsp3) is 0. The molecule has 164 valence electrons. The molecule has 6 heteroatoms. The van der Waals surface area contributed by atoms with Gasteiger partial charge in [0.1, 0.15) is 11.0 Å². The topological polar surface area (TPSA) is 80.7 Å². The van der Waals surface area contributed by atoms with E-state index >= 15 is 0 Å². The molecule has 4 aromatic carbocycles. The van der Waals surface area contributed by atoms with Crippen molar-refractivity contribution in [1.29, 1.82) is 0 Å². The highest BCUT2D eigenvalue weighted by Gasteiger charge is 2.15. The minimum Gasteiger partial charge on any atom is -0.322 e. The molecule has 1 N–H and O–H groups in total. The van der Waals surface area contributed by atoms with Crippen molar-refractivity contribution < 1.29 is 4.79 Å². The van der Waals surface area contributed by atoms with Gasteiger partial charge in [-0.15, -0.1) is 0 Å². The summed E-state index contributed by atoms with van der Waals surface area (Å²) < 4.78 is 0. The van der Waals surface area contributed by atoms with Crippen molar-refractivity contribution in [2.24, 2.45) is 0 Å². The smallest absolute Gasteiger partial charge is 0.255 e. The summed E-state index contributed by atoms with van der Waals surface area (Å²) in [6.45, 7) is 0. The summed E-state index contributed by atoms with van der Waals surface area (Å²) in [5.74, 6) is -0.202. The minimum atomic E-state index is -0.202. The van der Waals surface area contributed by atoms with Crippen molar-refractivity contribution >= 4 is 66.2 Å². The van der Waals surface area contributed by atoms with Crippen molar-refractivity contribution in [2.75, 3.05) is 5.32 Å². The van der Waals surface area contributed by atoms with Gasteiger partial charge in [0.2, 0.25) is 0 Å². The largest absolute Gasteiger partial charge is 0.322 e. The van der Waals surface area contributed by atoms with Crippen LogP contribution >= 0.6 is 0 Å². The molecule has 35 heavy (non-hydrogen) atoms. The number of nitrogens with one attached hydrogen (secondary N) is 1. The van der Waals surface area contributed by atoms with E-state index in [1.807, 2.05) is 72.8 Å². The molecule has 0 saturated carbocycles. The second-order valence-electron chi connectivity index (χ2n) is 8.44. The molecule has 0 spiro atoms. The molecule has 0 unspecified atom stereocenters. The Hall–Kier alpha value is -4.97. The molecule has 0 bridgehead atoms. The van der Waals surface area contributed by atoms with E-state index in [2.05, 4.69) is 15.3 Å². The van der Waals surface area contributed by atoms with Crippen molar-refractivity contribution in [3.63, 3.8) is 0 Å². The minimum absolute atomic E-state index is 0.202. The molecule has 3 heterocycles. The lowest BCUT2D eigenvalue weighted by molar-refractivity contribution is 0.102. The second kappa shape index (κ2) is 7.53. The van der Waals surface area contributed by atoms with Gasteiger partial charge in [-0.1, -0.05) is 42.5 Å². The van der Waals surface area contributed by atoms with E-state index in [4.69, 9.17) is 9.97 Å². The first-order chi connectivity index (χ1) is 17.2. The number of benzene rings is 4. The molecule has 0 aliphatic heterocycles. The van der Waals surface area contributed by atoms with Crippen LogP contribution in [0.2, 0.25) is 0 Å². The molecule has 3 aromatic heterocycles. The number of amides is 1. The maximum Gasteiger partial charge on any atom is 0.255 e. The molecule has 0 aliphatic carbocycles. The second-order valence-corrected chi connectivity index (χ2v) is 8.44. The van der Waals surface area contributed by atoms with E-state index in [1.54, 1.807) is 24.5 Å². The maximum atomic E-state index is 13.1. The van der Waals surface area contributed by atoms with Crippen molar-refractivity contribution in [3.05, 3.63) is 103 Å². The fourth-order valence-corrected chi connectivity index (χ4v) is 4.62. The molecule has 0 atom stereocenters. The lowest BCUT2D eigenvalue weighted by atomic mass is 10.1. The highest BCUT2D eigenvalue weighted by molar-refractivity contribution is 6.21. The van der Waals surface area contributed by atoms with Crippen LogP contribution in [-0.4, -0.2) is 25.8 Å². The summed E-state index contributed by atoms with van der Waals surface area (Å²) in [5.41, 5.74) is 5.51. The van der Waals surface area contributed by atoms with E-state index in [-0.39, 0.29) is 5.91 Å². The first-order valence-electron chi connectivity index (χ1n) is 11.3. The van der Waals surface area contributed by atoms with Crippen LogP contribution in [0.1, 0.15) is 10.4 Å². The number of pyridine rings is 2. The summed E-state index contributed by atoms with van der Waals surface area (Å²) in [5, 5.41) is 7.16. The number of nitrogens with zero attached hydrogens (tertiary/aromatic N) is 4. The van der Waals surface area contributed by atoms with Crippen LogP contribution < -0.4 is 5.32 Å². The van der Waals surface area contributed by atoms with Crippen LogP contribution in [0, 0.1) is 0 Å². The van der Waals surface area contributed by atoms with Crippen LogP contribution in [0.5, 0.6) is 0 Å². The quantitative estimate of drug-likeness (QED) is 0.247. The Labute approximate surface area is 199 Å². The molecule has 0 saturated heterocycles. The van der Waals surface area contributed by atoms with E-state index in [9.17, 15) is 4.79 Å². The summed E-state index contributed by atoms with van der Waals surface area (Å²) in [6.07, 6.45) is 3.51. The first-order valence-corrected chi connectivity index (χ1v) is 11.3. The average Bonchev–Trinajstić information content (AvgIpc) is 2.92. The van der Waals surface area contributed by atoms with Gasteiger partial charge in [0.05, 0.1) is 22.1 Å². The van der Waals surface area contributed by atoms with Gasteiger partial charge in [0.25, 0.3) is 5.91 Å². The zero-order valence-corrected chi connectivity index (χ0v) is 18.4. The van der Waals surface area contributed by atoms with Gasteiger partial charge >= 0.3 is 0 Å². The summed E-state index contributed by atoms with van der Waals surface area (Å²) in [7, 11) is 0. The lowest BCUT2D eigenvalue weighted by Crippen LogP contribution is -2.12. The Morgan fingerprint density at radius 1 is 0.600 bits per heavy atom. The third-order valence-electron chi connectivity index (χ3n) is 6.29. The third-order valence-corrected chi connectivity index (χ3v) is 6.29. The number of hydrogen-bond acceptors (Lipinski definition) is 5. The Balaban J connectivity index is 1.36. The molecule has 0 fully saturated rings. The Morgan fingerprint density at radius 2 is 1.29 bits per heavy atom. The van der Waals surface area contributed by atoms with Gasteiger partial charge in [-0.25, -0.2) is 9.97 Å². The standard InChI is InChI=1S/C29H17N5O/c35-29(32-20-11-9-17-5-1-2-6-18(17)15-20)19-10-12-23-24(16-19)34-28-26-22(8-4-14-31-26)21-7-3-13-30-25(21)27(28)33-23/h1-16H,(H,32,35). The molecule has 0 aliphatic rings. The average molecular weight is 451 g/mol. The molecular weight excluding hydrogens is 434 g/mol. The van der Waals surface area contributed by atoms with Crippen LogP contribution in [0.25, 0.3) is 54.6 Å². The number of carbonyl (C=O) groups excluding carboxylic acids is 1. The predicted octanol–water partition coefficient (Wildman–Crippen LogP) is 6.28. The summed E-state index contributed by atoms with van der Waals surface area (Å²) in [4.78, 5) is 32.0. The van der Waals surface area contributed by atoms with E-state index < -0.39 is 0 Å². The van der Waals surface area contributed by atoms with Gasteiger partial charge in [0, 0.05) is 34.4 Å². The highest BCUT2D eigenvalue weighted by Crippen LogP contribution is 2.32. The monoisotopic (exact) mass is 451 g/mol. The normalized spacial score (nSPS) is 11.5. The van der Waals surface area contributed by atoms with Gasteiger partial charge in [-0.05, 0) is 53.2 Å². The molecule has 0 radical (unpaired) electrons. The Bertz CT molecular complexity index is 1970. The van der Waals surface area contributed by atoms with E-state index in [0.717, 1.165) is 38.3 Å². The van der Waals surface area contributed by atoms with Crippen molar-refractivity contribution in [1.82, 2.24) is 19.9 Å². The number of fused-ring (bicyclic) bond motifs is 8. The van der Waals surface area contributed by atoms with Gasteiger partial charge < -0.3 is 5.32 Å². The molecule has 7 aromatic rings. The summed E-state index contributed by atoms with van der Waals surface area (Å²) >= 11 is 0. The van der Waals surface area contributed by atoms with E-state index in [0.29, 0.717) is 27.6 Å². The van der Waals surface area contributed by atoms with Gasteiger partial charge in [-0.2, -0.15) is 0 Å². The lowest BCUT2D eigenvalue weighted by Gasteiger charge is -2.10. The zero-order chi connectivity index (χ0) is 23.4. The molecule has 1 amide bonds. The SMILES string of the molecule is O=C(Nc1ccc2ccccc2c1)c1ccc2nc3c4ncccc4c4cccnc4c3nc2c1. The predicted molar refractivity (Wildman–Crippen MR) is 140 cm³/mol. The third kappa shape index (κ3) is 3.15.